The summed E-state index contributed by atoms with van der Waals surface area (Å²) in [5.41, 5.74) is 0. The van der Waals surface area contributed by atoms with Crippen LogP contribution >= 0.6 is 0 Å². The number of unbranched alkanes of at least 4 members (excludes halogenated alkanes) is 36. The van der Waals surface area contributed by atoms with Gasteiger partial charge in [0.2, 0.25) is 5.91 Å². The molecule has 0 saturated heterocycles. The molecule has 0 aliphatic heterocycles. The van der Waals surface area contributed by atoms with E-state index < -0.39 is 40.0 Å². The fourth-order valence-corrected chi connectivity index (χ4v) is 8.55. The van der Waals surface area contributed by atoms with Crippen LogP contribution in [0.3, 0.4) is 0 Å². The number of aliphatic hydroxyl groups is 2. The number of hydrogen-bond acceptors (Lipinski definition) is 5. The third-order valence-corrected chi connectivity index (χ3v) is 12.4. The first-order valence-corrected chi connectivity index (χ1v) is 26.1. The average molecular weight is 814 g/mol. The van der Waals surface area contributed by atoms with E-state index in [2.05, 4.69) is 19.2 Å². The Labute approximate surface area is 348 Å². The second-order valence-corrected chi connectivity index (χ2v) is 18.7. The maximum Gasteiger partial charge on any atom is 0.267 e. The molecule has 0 fully saturated rings. The minimum Gasteiger partial charge on any atom is -0.387 e. The van der Waals surface area contributed by atoms with Gasteiger partial charge in [-0.15, -0.1) is 0 Å². The predicted molar refractivity (Wildman–Crippen MR) is 241 cm³/mol. The molecule has 0 aliphatic carbocycles. The summed E-state index contributed by atoms with van der Waals surface area (Å²) < 4.78 is 32.7. The van der Waals surface area contributed by atoms with Gasteiger partial charge >= 0.3 is 0 Å². The Bertz CT molecular complexity index is 957. The number of carbonyl (C=O) groups excluding carboxylic acids is 1. The lowest BCUT2D eigenvalue weighted by atomic mass is 10.0. The van der Waals surface area contributed by atoms with Crippen LogP contribution in [0.5, 0.6) is 0 Å². The summed E-state index contributed by atoms with van der Waals surface area (Å²) in [6.07, 6.45) is 49.9. The van der Waals surface area contributed by atoms with E-state index in [4.69, 9.17) is 0 Å². The van der Waals surface area contributed by atoms with Crippen LogP contribution < -0.4 is 5.32 Å². The molecule has 7 nitrogen and oxygen atoms in total. The summed E-state index contributed by atoms with van der Waals surface area (Å²) in [5.74, 6) is -1.52. The third kappa shape index (κ3) is 41.2. The molecule has 3 atom stereocenters. The van der Waals surface area contributed by atoms with Gasteiger partial charge in [0, 0.05) is 0 Å². The van der Waals surface area contributed by atoms with Crippen LogP contribution in [0.25, 0.3) is 0 Å². The summed E-state index contributed by atoms with van der Waals surface area (Å²) in [6.45, 7) is 4.55. The zero-order valence-corrected chi connectivity index (χ0v) is 38.0. The van der Waals surface area contributed by atoms with Crippen molar-refractivity contribution in [1.29, 1.82) is 0 Å². The standard InChI is InChI=1S/C48H95NO6S/c1-3-5-7-9-11-13-15-17-19-21-23-25-26-28-30-32-34-36-38-40-42-46(50)45(44-56(53,54)55)49-48(52)47(51)43-41-39-37-35-33-31-29-27-24-22-20-18-16-14-12-10-8-6-4-2/h40,42,45-47,50-51H,3-39,41,43-44H2,1-2H3,(H,49,52)(H,53,54,55)/b42-40+. The molecule has 0 bridgehead atoms. The SMILES string of the molecule is CCCCCCCCCCCCCCCCCCCC/C=C/C(O)C(CS(=O)(=O)O)NC(=O)C(O)CCCCCCCCCCCCCCCCCCCCC. The number of aliphatic hydroxyl groups excluding tert-OH is 2. The van der Waals surface area contributed by atoms with Crippen LogP contribution in [0.2, 0.25) is 0 Å². The Morgan fingerprint density at radius 3 is 1.07 bits per heavy atom. The second-order valence-electron chi connectivity index (χ2n) is 17.2. The van der Waals surface area contributed by atoms with Gasteiger partial charge in [-0.1, -0.05) is 257 Å². The van der Waals surface area contributed by atoms with E-state index in [0.29, 0.717) is 6.42 Å². The average Bonchev–Trinajstić information content (AvgIpc) is 3.17. The van der Waals surface area contributed by atoms with Crippen LogP contribution in [0, 0.1) is 0 Å². The first-order chi connectivity index (χ1) is 27.2. The van der Waals surface area contributed by atoms with Crippen LogP contribution in [0.4, 0.5) is 0 Å². The molecular formula is C48H95NO6S. The third-order valence-electron chi connectivity index (χ3n) is 11.6. The number of carbonyl (C=O) groups is 1. The molecule has 0 aromatic rings. The maximum atomic E-state index is 12.7. The molecule has 0 aliphatic rings. The van der Waals surface area contributed by atoms with Crippen molar-refractivity contribution in [2.24, 2.45) is 0 Å². The monoisotopic (exact) mass is 814 g/mol. The van der Waals surface area contributed by atoms with Crippen molar-refractivity contribution in [2.45, 2.75) is 283 Å². The van der Waals surface area contributed by atoms with Crippen molar-refractivity contribution >= 4 is 16.0 Å². The highest BCUT2D eigenvalue weighted by Gasteiger charge is 2.27. The smallest absolute Gasteiger partial charge is 0.267 e. The maximum absolute atomic E-state index is 12.7. The molecule has 0 saturated carbocycles. The highest BCUT2D eigenvalue weighted by atomic mass is 32.2. The molecule has 1 amide bonds. The molecule has 334 valence electrons. The molecule has 4 N–H and O–H groups in total. The number of nitrogens with one attached hydrogen (secondary N) is 1. The Morgan fingerprint density at radius 2 is 0.768 bits per heavy atom. The van der Waals surface area contributed by atoms with Crippen LogP contribution in [0.15, 0.2) is 12.2 Å². The molecule has 0 spiro atoms. The predicted octanol–water partition coefficient (Wildman–Crippen LogP) is 13.9. The van der Waals surface area contributed by atoms with Crippen molar-refractivity contribution in [3.8, 4) is 0 Å². The van der Waals surface area contributed by atoms with Gasteiger partial charge in [0.05, 0.1) is 17.9 Å². The summed E-state index contributed by atoms with van der Waals surface area (Å²) in [7, 11) is -4.44. The molecule has 0 radical (unpaired) electrons. The van der Waals surface area contributed by atoms with E-state index >= 15 is 0 Å². The molecule has 0 aromatic carbocycles. The number of amides is 1. The van der Waals surface area contributed by atoms with Gasteiger partial charge < -0.3 is 15.5 Å². The van der Waals surface area contributed by atoms with Crippen molar-refractivity contribution < 1.29 is 28.0 Å². The van der Waals surface area contributed by atoms with E-state index in [0.717, 1.165) is 38.5 Å². The Balaban J connectivity index is 3.90. The normalized spacial score (nSPS) is 13.7. The van der Waals surface area contributed by atoms with Crippen molar-refractivity contribution in [2.75, 3.05) is 5.75 Å². The zero-order chi connectivity index (χ0) is 41.2. The van der Waals surface area contributed by atoms with Crippen molar-refractivity contribution in [3.05, 3.63) is 12.2 Å². The quantitative estimate of drug-likeness (QED) is 0.0276. The fourth-order valence-electron chi connectivity index (χ4n) is 7.81. The van der Waals surface area contributed by atoms with E-state index in [1.54, 1.807) is 0 Å². The van der Waals surface area contributed by atoms with Crippen LogP contribution in [0.1, 0.15) is 264 Å². The highest BCUT2D eigenvalue weighted by molar-refractivity contribution is 7.85. The summed E-state index contributed by atoms with van der Waals surface area (Å²) in [6, 6.07) is -1.23. The Kier molecular flexibility index (Phi) is 41.5. The topological polar surface area (TPSA) is 124 Å². The number of hydrogen-bond donors (Lipinski definition) is 4. The van der Waals surface area contributed by atoms with Gasteiger partial charge in [-0.3, -0.25) is 9.35 Å². The zero-order valence-electron chi connectivity index (χ0n) is 37.1. The number of rotatable bonds is 45. The van der Waals surface area contributed by atoms with Gasteiger partial charge in [-0.25, -0.2) is 0 Å². The molecule has 3 unspecified atom stereocenters. The van der Waals surface area contributed by atoms with Gasteiger partial charge in [0.25, 0.3) is 10.1 Å². The molecular weight excluding hydrogens is 719 g/mol. The molecule has 0 heterocycles. The summed E-state index contributed by atoms with van der Waals surface area (Å²) in [5, 5.41) is 23.5. The van der Waals surface area contributed by atoms with E-state index in [1.807, 2.05) is 6.08 Å². The van der Waals surface area contributed by atoms with Crippen molar-refractivity contribution in [3.63, 3.8) is 0 Å². The largest absolute Gasteiger partial charge is 0.387 e. The molecule has 56 heavy (non-hydrogen) atoms. The van der Waals surface area contributed by atoms with E-state index in [-0.39, 0.29) is 6.42 Å². The molecule has 8 heteroatoms. The lowest BCUT2D eigenvalue weighted by Gasteiger charge is -2.22. The fraction of sp³-hybridized carbons (Fsp3) is 0.938. The van der Waals surface area contributed by atoms with Gasteiger partial charge in [-0.2, -0.15) is 8.42 Å². The minimum atomic E-state index is -4.44. The second kappa shape index (κ2) is 42.2. The molecule has 0 rings (SSSR count). The summed E-state index contributed by atoms with van der Waals surface area (Å²) in [4.78, 5) is 12.7. The van der Waals surface area contributed by atoms with Crippen LogP contribution in [-0.2, 0) is 14.9 Å². The highest BCUT2D eigenvalue weighted by Crippen LogP contribution is 2.17. The first kappa shape index (κ1) is 55.0. The summed E-state index contributed by atoms with van der Waals surface area (Å²) >= 11 is 0. The lowest BCUT2D eigenvalue weighted by Crippen LogP contribution is -2.50. The van der Waals surface area contributed by atoms with Gasteiger partial charge in [0.1, 0.15) is 6.10 Å². The van der Waals surface area contributed by atoms with Crippen LogP contribution in [-0.4, -0.2) is 53.1 Å². The van der Waals surface area contributed by atoms with E-state index in [9.17, 15) is 28.0 Å². The Hall–Kier alpha value is -0.960. The first-order valence-electron chi connectivity index (χ1n) is 24.5. The van der Waals surface area contributed by atoms with Gasteiger partial charge in [0.15, 0.2) is 0 Å². The number of allylic oxidation sites excluding steroid dienone is 1. The van der Waals surface area contributed by atoms with Crippen molar-refractivity contribution in [1.82, 2.24) is 5.32 Å². The van der Waals surface area contributed by atoms with Gasteiger partial charge in [-0.05, 0) is 19.3 Å². The molecule has 0 aromatic heterocycles. The minimum absolute atomic E-state index is 0.286. The Morgan fingerprint density at radius 1 is 0.482 bits per heavy atom. The lowest BCUT2D eigenvalue weighted by molar-refractivity contribution is -0.130. The van der Waals surface area contributed by atoms with E-state index in [1.165, 1.54) is 205 Å².